The van der Waals surface area contributed by atoms with Gasteiger partial charge in [-0.15, -0.1) is 6.42 Å². The van der Waals surface area contributed by atoms with Crippen LogP contribution in [0.3, 0.4) is 0 Å². The van der Waals surface area contributed by atoms with Gasteiger partial charge < -0.3 is 10.1 Å². The van der Waals surface area contributed by atoms with E-state index in [2.05, 4.69) is 11.2 Å². The molecule has 0 saturated carbocycles. The molecule has 0 unspecified atom stereocenters. The molecule has 21 heavy (non-hydrogen) atoms. The molecule has 0 aromatic heterocycles. The van der Waals surface area contributed by atoms with Crippen LogP contribution in [0.2, 0.25) is 0 Å². The predicted octanol–water partition coefficient (Wildman–Crippen LogP) is 1.45. The minimum absolute atomic E-state index is 0.0629. The van der Waals surface area contributed by atoms with E-state index in [-0.39, 0.29) is 11.4 Å². The van der Waals surface area contributed by atoms with Gasteiger partial charge in [0.05, 0.1) is 18.6 Å². The van der Waals surface area contributed by atoms with Crippen LogP contribution >= 0.6 is 0 Å². The Balaban J connectivity index is 3.21. The maximum Gasteiger partial charge on any atom is 0.243 e. The van der Waals surface area contributed by atoms with E-state index in [1.54, 1.807) is 32.2 Å². The molecule has 6 heteroatoms. The molecule has 5 nitrogen and oxygen atoms in total. The van der Waals surface area contributed by atoms with Gasteiger partial charge >= 0.3 is 0 Å². The zero-order valence-electron chi connectivity index (χ0n) is 12.7. The number of sulfonamides is 1. The highest BCUT2D eigenvalue weighted by atomic mass is 32.2. The lowest BCUT2D eigenvalue weighted by Crippen LogP contribution is -2.31. The SMILES string of the molecule is C#CCN(CC)S(=O)(=O)c1ccc(OC)c(CNCC)c1. The summed E-state index contributed by atoms with van der Waals surface area (Å²) in [6.07, 6.45) is 5.23. The first-order valence-corrected chi connectivity index (χ1v) is 8.26. The number of hydrogen-bond donors (Lipinski definition) is 1. The van der Waals surface area contributed by atoms with Gasteiger partial charge in [0, 0.05) is 18.7 Å². The Morgan fingerprint density at radius 3 is 2.62 bits per heavy atom. The third-order valence-corrected chi connectivity index (χ3v) is 4.99. The van der Waals surface area contributed by atoms with E-state index < -0.39 is 10.0 Å². The number of nitrogens with one attached hydrogen (secondary N) is 1. The van der Waals surface area contributed by atoms with Crippen LogP contribution in [0.25, 0.3) is 0 Å². The van der Waals surface area contributed by atoms with Gasteiger partial charge in [0.25, 0.3) is 0 Å². The van der Waals surface area contributed by atoms with E-state index in [0.29, 0.717) is 18.8 Å². The summed E-state index contributed by atoms with van der Waals surface area (Å²) in [6.45, 7) is 5.48. The van der Waals surface area contributed by atoms with Gasteiger partial charge in [-0.2, -0.15) is 4.31 Å². The molecular formula is C15H22N2O3S. The molecule has 0 spiro atoms. The lowest BCUT2D eigenvalue weighted by Gasteiger charge is -2.19. The minimum Gasteiger partial charge on any atom is -0.496 e. The molecule has 0 saturated heterocycles. The van der Waals surface area contributed by atoms with Crippen molar-refractivity contribution in [3.8, 4) is 18.1 Å². The smallest absolute Gasteiger partial charge is 0.243 e. The molecule has 0 radical (unpaired) electrons. The number of terminal acetylenes is 1. The Labute approximate surface area is 127 Å². The van der Waals surface area contributed by atoms with Crippen LogP contribution in [-0.2, 0) is 16.6 Å². The predicted molar refractivity (Wildman–Crippen MR) is 83.6 cm³/mol. The van der Waals surface area contributed by atoms with E-state index in [1.165, 1.54) is 4.31 Å². The highest BCUT2D eigenvalue weighted by molar-refractivity contribution is 7.89. The van der Waals surface area contributed by atoms with Gasteiger partial charge in [-0.3, -0.25) is 0 Å². The first-order chi connectivity index (χ1) is 10.0. The summed E-state index contributed by atoms with van der Waals surface area (Å²) < 4.78 is 31.6. The van der Waals surface area contributed by atoms with E-state index in [4.69, 9.17) is 11.2 Å². The van der Waals surface area contributed by atoms with Crippen molar-refractivity contribution in [3.05, 3.63) is 23.8 Å². The highest BCUT2D eigenvalue weighted by Crippen LogP contribution is 2.24. The number of ether oxygens (including phenoxy) is 1. The van der Waals surface area contributed by atoms with E-state index in [1.807, 2.05) is 6.92 Å². The standard InChI is InChI=1S/C15H22N2O3S/c1-5-10-17(7-3)21(18,19)14-8-9-15(20-4)13(11-14)12-16-6-2/h1,8-9,11,16H,6-7,10,12H2,2-4H3. The highest BCUT2D eigenvalue weighted by Gasteiger charge is 2.23. The van der Waals surface area contributed by atoms with E-state index in [0.717, 1.165) is 12.1 Å². The molecule has 0 aliphatic heterocycles. The van der Waals surface area contributed by atoms with Gasteiger partial charge in [-0.05, 0) is 24.7 Å². The third-order valence-electron chi connectivity index (χ3n) is 3.08. The molecule has 1 N–H and O–H groups in total. The summed E-state index contributed by atoms with van der Waals surface area (Å²) >= 11 is 0. The fourth-order valence-corrected chi connectivity index (χ4v) is 3.34. The Bertz CT molecular complexity index is 606. The minimum atomic E-state index is -3.58. The van der Waals surface area contributed by atoms with Crippen molar-refractivity contribution < 1.29 is 13.2 Å². The van der Waals surface area contributed by atoms with Crippen molar-refractivity contribution >= 4 is 10.0 Å². The summed E-state index contributed by atoms with van der Waals surface area (Å²) in [5.74, 6) is 3.04. The Morgan fingerprint density at radius 2 is 2.10 bits per heavy atom. The Kier molecular flexibility index (Phi) is 6.69. The van der Waals surface area contributed by atoms with Crippen molar-refractivity contribution in [3.63, 3.8) is 0 Å². The molecule has 0 heterocycles. The van der Waals surface area contributed by atoms with Crippen molar-refractivity contribution in [1.29, 1.82) is 0 Å². The maximum atomic E-state index is 12.5. The van der Waals surface area contributed by atoms with E-state index >= 15 is 0 Å². The second-order valence-corrected chi connectivity index (χ2v) is 6.33. The fourth-order valence-electron chi connectivity index (χ4n) is 1.93. The van der Waals surface area contributed by atoms with E-state index in [9.17, 15) is 8.42 Å². The normalized spacial score (nSPS) is 11.4. The van der Waals surface area contributed by atoms with Crippen molar-refractivity contribution in [2.45, 2.75) is 25.3 Å². The molecular weight excluding hydrogens is 288 g/mol. The van der Waals surface area contributed by atoms with Crippen molar-refractivity contribution in [1.82, 2.24) is 9.62 Å². The lowest BCUT2D eigenvalue weighted by atomic mass is 10.2. The second-order valence-electron chi connectivity index (χ2n) is 4.39. The van der Waals surface area contributed by atoms with Gasteiger partial charge in [0.15, 0.2) is 0 Å². The van der Waals surface area contributed by atoms with Crippen LogP contribution in [-0.4, -0.2) is 39.5 Å². The van der Waals surface area contributed by atoms with Crippen molar-refractivity contribution in [2.24, 2.45) is 0 Å². The average molecular weight is 310 g/mol. The summed E-state index contributed by atoms with van der Waals surface area (Å²) in [4.78, 5) is 0.230. The zero-order chi connectivity index (χ0) is 15.9. The van der Waals surface area contributed by atoms with Gasteiger partial charge in [0.2, 0.25) is 10.0 Å². The molecule has 0 aliphatic rings. The number of rotatable bonds is 8. The third kappa shape index (κ3) is 4.21. The molecule has 116 valence electrons. The monoisotopic (exact) mass is 310 g/mol. The Hall–Kier alpha value is -1.55. The number of benzene rings is 1. The molecule has 1 aromatic carbocycles. The topological polar surface area (TPSA) is 58.6 Å². The first-order valence-electron chi connectivity index (χ1n) is 6.82. The second kappa shape index (κ2) is 8.03. The zero-order valence-corrected chi connectivity index (χ0v) is 13.5. The Morgan fingerprint density at radius 1 is 1.38 bits per heavy atom. The van der Waals surface area contributed by atoms with Gasteiger partial charge in [-0.1, -0.05) is 19.8 Å². The average Bonchev–Trinajstić information content (AvgIpc) is 2.49. The summed E-state index contributed by atoms with van der Waals surface area (Å²) in [7, 11) is -2.01. The molecule has 1 rings (SSSR count). The van der Waals surface area contributed by atoms with Crippen LogP contribution < -0.4 is 10.1 Å². The van der Waals surface area contributed by atoms with Crippen molar-refractivity contribution in [2.75, 3.05) is 26.7 Å². The lowest BCUT2D eigenvalue weighted by molar-refractivity contribution is 0.407. The number of hydrogen-bond acceptors (Lipinski definition) is 4. The van der Waals surface area contributed by atoms with Crippen LogP contribution in [0.5, 0.6) is 5.75 Å². The van der Waals surface area contributed by atoms with Crippen LogP contribution in [0.4, 0.5) is 0 Å². The largest absolute Gasteiger partial charge is 0.496 e. The fraction of sp³-hybridized carbons (Fsp3) is 0.467. The first kappa shape index (κ1) is 17.5. The molecule has 1 aromatic rings. The van der Waals surface area contributed by atoms with Crippen LogP contribution in [0.1, 0.15) is 19.4 Å². The van der Waals surface area contributed by atoms with Crippen LogP contribution in [0, 0.1) is 12.3 Å². The summed E-state index contributed by atoms with van der Waals surface area (Å²) in [6, 6.07) is 4.85. The molecule has 0 bridgehead atoms. The molecule has 0 fully saturated rings. The molecule has 0 amide bonds. The number of methoxy groups -OCH3 is 1. The number of nitrogens with zero attached hydrogens (tertiary/aromatic N) is 1. The quantitative estimate of drug-likeness (QED) is 0.738. The molecule has 0 aliphatic carbocycles. The van der Waals surface area contributed by atoms with Gasteiger partial charge in [0.1, 0.15) is 5.75 Å². The molecule has 0 atom stereocenters. The van der Waals surface area contributed by atoms with Gasteiger partial charge in [-0.25, -0.2) is 8.42 Å². The van der Waals surface area contributed by atoms with Crippen LogP contribution in [0.15, 0.2) is 23.1 Å². The summed E-state index contributed by atoms with van der Waals surface area (Å²) in [5.41, 5.74) is 0.803. The summed E-state index contributed by atoms with van der Waals surface area (Å²) in [5, 5.41) is 3.17. The maximum absolute atomic E-state index is 12.5.